The second-order valence-electron chi connectivity index (χ2n) is 10.3. The highest BCUT2D eigenvalue weighted by Crippen LogP contribution is 2.53. The van der Waals surface area contributed by atoms with Crippen LogP contribution in [0.1, 0.15) is 55.3 Å². The lowest BCUT2D eigenvalue weighted by atomic mass is 9.58. The van der Waals surface area contributed by atoms with Gasteiger partial charge in [-0.15, -0.1) is 0 Å². The Morgan fingerprint density at radius 3 is 2.38 bits per heavy atom. The number of sulfonamides is 1. The van der Waals surface area contributed by atoms with Crippen LogP contribution in [0.2, 0.25) is 5.02 Å². The number of ether oxygens (including phenoxy) is 1. The van der Waals surface area contributed by atoms with Gasteiger partial charge < -0.3 is 25.6 Å². The molecule has 0 radical (unpaired) electrons. The van der Waals surface area contributed by atoms with E-state index in [-0.39, 0.29) is 23.8 Å². The Hall–Kier alpha value is -2.96. The molecular formula is C30H40ClN3O7S. The summed E-state index contributed by atoms with van der Waals surface area (Å²) in [6.45, 7) is 5.08. The molecule has 0 bridgehead atoms. The van der Waals surface area contributed by atoms with E-state index in [4.69, 9.17) is 26.6 Å². The van der Waals surface area contributed by atoms with Gasteiger partial charge in [-0.3, -0.25) is 0 Å². The van der Waals surface area contributed by atoms with Crippen LogP contribution in [-0.4, -0.2) is 69.1 Å². The molecule has 0 spiro atoms. The van der Waals surface area contributed by atoms with Crippen molar-refractivity contribution in [2.24, 2.45) is 0 Å². The fraction of sp³-hybridized carbons (Fsp3) is 0.467. The van der Waals surface area contributed by atoms with E-state index in [1.807, 2.05) is 25.1 Å². The molecule has 42 heavy (non-hydrogen) atoms. The van der Waals surface area contributed by atoms with Crippen LogP contribution < -0.4 is 20.1 Å². The van der Waals surface area contributed by atoms with Gasteiger partial charge in [-0.1, -0.05) is 43.1 Å². The molecule has 1 aliphatic carbocycles. The third-order valence-electron chi connectivity index (χ3n) is 7.47. The van der Waals surface area contributed by atoms with Gasteiger partial charge in [0.05, 0.1) is 5.75 Å². The van der Waals surface area contributed by atoms with Crippen LogP contribution in [0.3, 0.4) is 0 Å². The lowest BCUT2D eigenvalue weighted by Crippen LogP contribution is -2.49. The minimum Gasteiger partial charge on any atom is -0.492 e. The van der Waals surface area contributed by atoms with E-state index in [1.54, 1.807) is 0 Å². The van der Waals surface area contributed by atoms with E-state index < -0.39 is 22.0 Å². The maximum atomic E-state index is 12.1. The molecule has 1 unspecified atom stereocenters. The Morgan fingerprint density at radius 2 is 1.79 bits per heavy atom. The average molecular weight is 622 g/mol. The lowest BCUT2D eigenvalue weighted by molar-refractivity contribution is -0.134. The summed E-state index contributed by atoms with van der Waals surface area (Å²) < 4.78 is 32.9. The van der Waals surface area contributed by atoms with Crippen LogP contribution in [-0.2, 0) is 31.4 Å². The first-order valence-corrected chi connectivity index (χ1v) is 16.2. The normalized spacial score (nSPS) is 17.4. The fourth-order valence-corrected chi connectivity index (χ4v) is 6.53. The Balaban J connectivity index is 0.000000531. The van der Waals surface area contributed by atoms with Crippen molar-refractivity contribution in [2.75, 3.05) is 38.5 Å². The van der Waals surface area contributed by atoms with Crippen molar-refractivity contribution in [3.63, 3.8) is 0 Å². The number of rotatable bonds is 14. The van der Waals surface area contributed by atoms with Crippen LogP contribution >= 0.6 is 11.6 Å². The third-order valence-corrected chi connectivity index (χ3v) is 9.19. The minimum absolute atomic E-state index is 0.0701. The van der Waals surface area contributed by atoms with Gasteiger partial charge >= 0.3 is 11.9 Å². The molecule has 5 N–H and O–H groups in total. The van der Waals surface area contributed by atoms with Crippen LogP contribution in [0.5, 0.6) is 5.75 Å². The summed E-state index contributed by atoms with van der Waals surface area (Å²) in [5, 5.41) is 23.3. The van der Waals surface area contributed by atoms with Gasteiger partial charge in [-0.25, -0.2) is 22.7 Å². The Kier molecular flexibility index (Phi) is 12.8. The maximum Gasteiger partial charge on any atom is 0.328 e. The number of nitrogens with one attached hydrogen (secondary N) is 3. The van der Waals surface area contributed by atoms with Gasteiger partial charge in [0.1, 0.15) is 12.4 Å². The van der Waals surface area contributed by atoms with Crippen molar-refractivity contribution in [3.8, 4) is 5.75 Å². The summed E-state index contributed by atoms with van der Waals surface area (Å²) in [7, 11) is -3.28. The molecule has 0 saturated heterocycles. The highest BCUT2D eigenvalue weighted by Gasteiger charge is 2.47. The van der Waals surface area contributed by atoms with Gasteiger partial charge in [0.25, 0.3) is 0 Å². The van der Waals surface area contributed by atoms with Crippen molar-refractivity contribution in [2.45, 2.75) is 50.5 Å². The lowest BCUT2D eigenvalue weighted by Gasteiger charge is -2.50. The number of halogens is 1. The third kappa shape index (κ3) is 9.81. The zero-order valence-electron chi connectivity index (χ0n) is 23.8. The van der Waals surface area contributed by atoms with Gasteiger partial charge in [-0.2, -0.15) is 0 Å². The van der Waals surface area contributed by atoms with Crippen molar-refractivity contribution in [1.82, 2.24) is 15.4 Å². The van der Waals surface area contributed by atoms with Crippen LogP contribution in [0.15, 0.2) is 54.6 Å². The number of benzene rings is 2. The predicted octanol–water partition coefficient (Wildman–Crippen LogP) is 3.66. The number of carboxylic acids is 2. The number of hydrogen-bond acceptors (Lipinski definition) is 7. The summed E-state index contributed by atoms with van der Waals surface area (Å²) in [6.07, 6.45) is 6.22. The van der Waals surface area contributed by atoms with E-state index >= 15 is 0 Å². The Labute approximate surface area is 252 Å². The van der Waals surface area contributed by atoms with E-state index in [1.165, 1.54) is 23.1 Å². The van der Waals surface area contributed by atoms with Gasteiger partial charge in [0.2, 0.25) is 10.0 Å². The van der Waals surface area contributed by atoms with Crippen LogP contribution in [0.4, 0.5) is 0 Å². The first kappa shape index (κ1) is 33.5. The molecule has 2 aromatic rings. The number of hydrogen-bond donors (Lipinski definition) is 5. The largest absolute Gasteiger partial charge is 0.492 e. The predicted molar refractivity (Wildman–Crippen MR) is 163 cm³/mol. The summed E-state index contributed by atoms with van der Waals surface area (Å²) in [4.78, 5) is 19.1. The molecule has 10 nitrogen and oxygen atoms in total. The molecule has 0 aromatic heterocycles. The number of carbonyl (C=O) groups is 2. The maximum absolute atomic E-state index is 12.1. The smallest absolute Gasteiger partial charge is 0.328 e. The topological polar surface area (TPSA) is 154 Å². The van der Waals surface area contributed by atoms with Crippen molar-refractivity contribution >= 4 is 33.6 Å². The minimum atomic E-state index is -3.28. The molecule has 1 aliphatic heterocycles. The van der Waals surface area contributed by atoms with Crippen LogP contribution in [0, 0.1) is 0 Å². The highest BCUT2D eigenvalue weighted by atomic mass is 35.5. The summed E-state index contributed by atoms with van der Waals surface area (Å²) in [5.41, 5.74) is 4.06. The Bertz CT molecular complexity index is 1310. The zero-order valence-corrected chi connectivity index (χ0v) is 25.3. The second kappa shape index (κ2) is 16.0. The van der Waals surface area contributed by atoms with Crippen molar-refractivity contribution in [3.05, 3.63) is 76.3 Å². The average Bonchev–Trinajstić information content (AvgIpc) is 2.93. The molecule has 230 valence electrons. The summed E-state index contributed by atoms with van der Waals surface area (Å²) in [5.74, 6) is -1.61. The van der Waals surface area contributed by atoms with Gasteiger partial charge in [0, 0.05) is 35.2 Å². The van der Waals surface area contributed by atoms with Crippen molar-refractivity contribution < 1.29 is 33.0 Å². The molecular weight excluding hydrogens is 582 g/mol. The van der Waals surface area contributed by atoms with Crippen molar-refractivity contribution in [1.29, 1.82) is 0 Å². The van der Waals surface area contributed by atoms with Gasteiger partial charge in [0.15, 0.2) is 0 Å². The first-order valence-electron chi connectivity index (χ1n) is 14.1. The van der Waals surface area contributed by atoms with Crippen LogP contribution in [0.25, 0.3) is 0 Å². The number of carboxylic acid groups (broad SMARTS) is 2. The molecule has 1 heterocycles. The second-order valence-corrected chi connectivity index (χ2v) is 12.7. The summed E-state index contributed by atoms with van der Waals surface area (Å²) >= 11 is 6.16. The van der Waals surface area contributed by atoms with E-state index in [0.717, 1.165) is 43.1 Å². The fourth-order valence-electron chi connectivity index (χ4n) is 5.34. The highest BCUT2D eigenvalue weighted by molar-refractivity contribution is 7.89. The van der Waals surface area contributed by atoms with Gasteiger partial charge in [-0.05, 0) is 86.3 Å². The van der Waals surface area contributed by atoms with E-state index in [9.17, 15) is 18.0 Å². The quantitative estimate of drug-likeness (QED) is 0.157. The number of fused-ring (bicyclic) bond motifs is 1. The standard InChI is InChI=1S/C26H36ClN3O3S.C4H4O4/c1-2-28-14-4-18-34(31,32)30-16-17-33-23-10-5-20-11-15-29-25(24(20)19-23)26(12-3-13-26)21-6-8-22(27)9-7-21;5-3(6)1-2-4(7)8/h5-10,19,25,28-30H,2-4,11-18H2,1H3;1-2H,(H,5,6)(H,7,8)/b;2-1+. The molecule has 1 fully saturated rings. The first-order chi connectivity index (χ1) is 20.1. The monoisotopic (exact) mass is 621 g/mol. The summed E-state index contributed by atoms with van der Waals surface area (Å²) in [6, 6.07) is 14.9. The molecule has 2 aliphatic rings. The van der Waals surface area contributed by atoms with E-state index in [0.29, 0.717) is 31.7 Å². The molecule has 1 saturated carbocycles. The zero-order chi connectivity index (χ0) is 30.6. The van der Waals surface area contributed by atoms with E-state index in [2.05, 4.69) is 39.6 Å². The molecule has 2 aromatic carbocycles. The molecule has 12 heteroatoms. The molecule has 4 rings (SSSR count). The Morgan fingerprint density at radius 1 is 1.10 bits per heavy atom. The SMILES string of the molecule is CCNCCCS(=O)(=O)NCCOc1ccc2c(c1)C(C1(c3ccc(Cl)cc3)CCC1)NCC2.O=C(O)/C=C/C(=O)O. The number of aliphatic carboxylic acids is 2. The molecule has 1 atom stereocenters. The molecule has 0 amide bonds.